The van der Waals surface area contributed by atoms with Gasteiger partial charge in [-0.05, 0) is 24.3 Å². The van der Waals surface area contributed by atoms with Crippen LogP contribution in [0.25, 0.3) is 0 Å². The molecule has 1 aromatic rings. The third kappa shape index (κ3) is 3.15. The first kappa shape index (κ1) is 15.0. The third-order valence-electron chi connectivity index (χ3n) is 5.35. The molecule has 2 N–H and O–H groups in total. The lowest BCUT2D eigenvalue weighted by molar-refractivity contribution is -0.104. The van der Waals surface area contributed by atoms with Crippen LogP contribution in [0.1, 0.15) is 44.1 Å². The highest BCUT2D eigenvalue weighted by molar-refractivity contribution is 5.21. The number of morpholine rings is 1. The molecule has 2 aliphatic rings. The zero-order valence-electron chi connectivity index (χ0n) is 13.1. The summed E-state index contributed by atoms with van der Waals surface area (Å²) in [4.78, 5) is 2.66. The molecular weight excluding hydrogens is 260 g/mol. The maximum absolute atomic E-state index is 6.18. The topological polar surface area (TPSA) is 38.5 Å². The molecule has 3 heteroatoms. The minimum atomic E-state index is 0.418. The molecule has 1 saturated carbocycles. The molecule has 21 heavy (non-hydrogen) atoms. The molecule has 1 aromatic carbocycles. The van der Waals surface area contributed by atoms with Gasteiger partial charge in [0.2, 0.25) is 0 Å². The van der Waals surface area contributed by atoms with Gasteiger partial charge >= 0.3 is 0 Å². The van der Waals surface area contributed by atoms with E-state index in [0.29, 0.717) is 24.1 Å². The molecule has 0 radical (unpaired) electrons. The Bertz CT molecular complexity index is 434. The van der Waals surface area contributed by atoms with E-state index in [1.165, 1.54) is 31.2 Å². The first-order valence-electron chi connectivity index (χ1n) is 8.43. The summed E-state index contributed by atoms with van der Waals surface area (Å²) in [6.07, 6.45) is 5.57. The summed E-state index contributed by atoms with van der Waals surface area (Å²) >= 11 is 0. The van der Waals surface area contributed by atoms with Crippen LogP contribution >= 0.6 is 0 Å². The second-order valence-corrected chi connectivity index (χ2v) is 6.50. The zero-order valence-corrected chi connectivity index (χ0v) is 13.1. The van der Waals surface area contributed by atoms with Gasteiger partial charge in [0.05, 0.1) is 12.7 Å². The Morgan fingerprint density at radius 3 is 2.76 bits per heavy atom. The van der Waals surface area contributed by atoms with Gasteiger partial charge in [0.15, 0.2) is 0 Å². The Hall–Kier alpha value is -0.900. The van der Waals surface area contributed by atoms with Crippen molar-refractivity contribution in [1.29, 1.82) is 0 Å². The highest BCUT2D eigenvalue weighted by Gasteiger charge is 2.38. The van der Waals surface area contributed by atoms with E-state index in [9.17, 15) is 0 Å². The van der Waals surface area contributed by atoms with Crippen LogP contribution in [0, 0.1) is 0 Å². The van der Waals surface area contributed by atoms with E-state index in [4.69, 9.17) is 10.5 Å². The first-order chi connectivity index (χ1) is 10.3. The van der Waals surface area contributed by atoms with Gasteiger partial charge in [-0.2, -0.15) is 0 Å². The average molecular weight is 288 g/mol. The van der Waals surface area contributed by atoms with Crippen molar-refractivity contribution in [1.82, 2.24) is 4.90 Å². The van der Waals surface area contributed by atoms with Crippen molar-refractivity contribution >= 4 is 0 Å². The van der Waals surface area contributed by atoms with Crippen molar-refractivity contribution in [3.05, 3.63) is 35.9 Å². The number of fused-ring (bicyclic) bond motifs is 1. The van der Waals surface area contributed by atoms with Crippen LogP contribution in [0.3, 0.4) is 0 Å². The lowest BCUT2D eigenvalue weighted by Gasteiger charge is -2.48. The van der Waals surface area contributed by atoms with Crippen LogP contribution < -0.4 is 5.73 Å². The SMILES string of the molecule is CC(c1ccccc1)C(CN)N1CCOC2CCCCC21. The summed E-state index contributed by atoms with van der Waals surface area (Å²) in [5, 5.41) is 0. The number of rotatable bonds is 4. The molecule has 1 saturated heterocycles. The Kier molecular flexibility index (Phi) is 4.94. The van der Waals surface area contributed by atoms with Gasteiger partial charge in [0, 0.05) is 25.2 Å². The number of ether oxygens (including phenoxy) is 1. The molecule has 0 amide bonds. The number of nitrogens with two attached hydrogens (primary N) is 1. The van der Waals surface area contributed by atoms with Crippen molar-refractivity contribution < 1.29 is 4.74 Å². The van der Waals surface area contributed by atoms with Crippen molar-refractivity contribution in [3.63, 3.8) is 0 Å². The second kappa shape index (κ2) is 6.91. The summed E-state index contributed by atoms with van der Waals surface area (Å²) in [6, 6.07) is 11.8. The van der Waals surface area contributed by atoms with Gasteiger partial charge in [0.1, 0.15) is 0 Å². The van der Waals surface area contributed by atoms with Crippen LogP contribution in [0.5, 0.6) is 0 Å². The second-order valence-electron chi connectivity index (χ2n) is 6.50. The minimum absolute atomic E-state index is 0.418. The van der Waals surface area contributed by atoms with Gasteiger partial charge in [-0.3, -0.25) is 4.90 Å². The first-order valence-corrected chi connectivity index (χ1v) is 8.43. The summed E-state index contributed by atoms with van der Waals surface area (Å²) in [6.45, 7) is 4.93. The molecule has 1 aliphatic carbocycles. The zero-order chi connectivity index (χ0) is 14.7. The Morgan fingerprint density at radius 2 is 2.00 bits per heavy atom. The van der Waals surface area contributed by atoms with Gasteiger partial charge < -0.3 is 10.5 Å². The molecule has 116 valence electrons. The smallest absolute Gasteiger partial charge is 0.0731 e. The minimum Gasteiger partial charge on any atom is -0.375 e. The Morgan fingerprint density at radius 1 is 1.24 bits per heavy atom. The fourth-order valence-electron chi connectivity index (χ4n) is 4.14. The van der Waals surface area contributed by atoms with Crippen molar-refractivity contribution in [3.8, 4) is 0 Å². The standard InChI is InChI=1S/C18H28N2O/c1-14(15-7-3-2-4-8-15)17(13-19)20-11-12-21-18-10-6-5-9-16(18)20/h2-4,7-8,14,16-18H,5-6,9-13,19H2,1H3. The molecule has 1 aliphatic heterocycles. The molecule has 3 nitrogen and oxygen atoms in total. The molecule has 4 unspecified atom stereocenters. The normalized spacial score (nSPS) is 29.6. The fraction of sp³-hybridized carbons (Fsp3) is 0.667. The molecule has 3 rings (SSSR count). The quantitative estimate of drug-likeness (QED) is 0.926. The van der Waals surface area contributed by atoms with Crippen molar-refractivity contribution in [2.75, 3.05) is 19.7 Å². The van der Waals surface area contributed by atoms with Crippen LogP contribution in [0.15, 0.2) is 30.3 Å². The summed E-state index contributed by atoms with van der Waals surface area (Å²) in [5.41, 5.74) is 7.58. The molecule has 2 fully saturated rings. The monoisotopic (exact) mass is 288 g/mol. The van der Waals surface area contributed by atoms with Crippen molar-refractivity contribution in [2.24, 2.45) is 5.73 Å². The summed E-state index contributed by atoms with van der Waals surface area (Å²) < 4.78 is 6.01. The molecule has 4 atom stereocenters. The number of nitrogens with zero attached hydrogens (tertiary/aromatic N) is 1. The Labute approximate surface area is 128 Å². The molecule has 1 heterocycles. The summed E-state index contributed by atoms with van der Waals surface area (Å²) in [5.74, 6) is 0.469. The predicted molar refractivity (Wildman–Crippen MR) is 86.4 cm³/mol. The van der Waals surface area contributed by atoms with Gasteiger partial charge in [-0.25, -0.2) is 0 Å². The van der Waals surface area contributed by atoms with Crippen LogP contribution in [-0.2, 0) is 4.74 Å². The number of benzene rings is 1. The highest BCUT2D eigenvalue weighted by Crippen LogP contribution is 2.33. The highest BCUT2D eigenvalue weighted by atomic mass is 16.5. The maximum atomic E-state index is 6.18. The van der Waals surface area contributed by atoms with Crippen LogP contribution in [-0.4, -0.2) is 42.8 Å². The number of hydrogen-bond donors (Lipinski definition) is 1. The number of hydrogen-bond acceptors (Lipinski definition) is 3. The summed E-state index contributed by atoms with van der Waals surface area (Å²) in [7, 11) is 0. The van der Waals surface area contributed by atoms with E-state index in [-0.39, 0.29) is 0 Å². The molecular formula is C18H28N2O. The van der Waals surface area contributed by atoms with Crippen LogP contribution in [0.4, 0.5) is 0 Å². The Balaban J connectivity index is 1.78. The van der Waals surface area contributed by atoms with Gasteiger partial charge in [-0.15, -0.1) is 0 Å². The van der Waals surface area contributed by atoms with Gasteiger partial charge in [-0.1, -0.05) is 50.1 Å². The molecule has 0 spiro atoms. The predicted octanol–water partition coefficient (Wildman–Crippen LogP) is 2.76. The maximum Gasteiger partial charge on any atom is 0.0731 e. The molecule has 0 bridgehead atoms. The third-order valence-corrected chi connectivity index (χ3v) is 5.35. The van der Waals surface area contributed by atoms with E-state index in [1.54, 1.807) is 0 Å². The van der Waals surface area contributed by atoms with Gasteiger partial charge in [0.25, 0.3) is 0 Å². The lowest BCUT2D eigenvalue weighted by Crippen LogP contribution is -2.59. The largest absolute Gasteiger partial charge is 0.375 e. The molecule has 0 aromatic heterocycles. The van der Waals surface area contributed by atoms with Crippen molar-refractivity contribution in [2.45, 2.75) is 56.7 Å². The van der Waals surface area contributed by atoms with E-state index < -0.39 is 0 Å². The van der Waals surface area contributed by atoms with Crippen LogP contribution in [0.2, 0.25) is 0 Å². The van der Waals surface area contributed by atoms with E-state index in [1.807, 2.05) is 0 Å². The van der Waals surface area contributed by atoms with E-state index >= 15 is 0 Å². The van der Waals surface area contributed by atoms with E-state index in [2.05, 4.69) is 42.2 Å². The van der Waals surface area contributed by atoms with E-state index in [0.717, 1.165) is 19.7 Å². The average Bonchev–Trinajstić information content (AvgIpc) is 2.56. The lowest BCUT2D eigenvalue weighted by atomic mass is 9.85. The fourth-order valence-corrected chi connectivity index (χ4v) is 4.14.